The number of rotatable bonds is 6. The Morgan fingerprint density at radius 2 is 1.06 bits per heavy atom. The molecule has 2 nitrogen and oxygen atoms in total. The van der Waals surface area contributed by atoms with E-state index in [1.807, 2.05) is 0 Å². The Labute approximate surface area is 199 Å². The molecule has 192 valence electrons. The van der Waals surface area contributed by atoms with Crippen LogP contribution in [0.3, 0.4) is 0 Å². The Balaban J connectivity index is 2.32. The van der Waals surface area contributed by atoms with E-state index >= 15 is 0 Å². The van der Waals surface area contributed by atoms with Crippen molar-refractivity contribution in [2.24, 2.45) is 0 Å². The second-order valence-corrected chi connectivity index (χ2v) is 8.06. The van der Waals surface area contributed by atoms with Crippen LogP contribution < -0.4 is 5.32 Å². The van der Waals surface area contributed by atoms with Gasteiger partial charge in [0.15, 0.2) is 0 Å². The third kappa shape index (κ3) is 6.58. The van der Waals surface area contributed by atoms with Crippen LogP contribution in [0.25, 0.3) is 0 Å². The van der Waals surface area contributed by atoms with Crippen molar-refractivity contribution in [1.82, 2.24) is 5.32 Å². The summed E-state index contributed by atoms with van der Waals surface area (Å²) >= 11 is 0. The quantitative estimate of drug-likeness (QED) is 0.341. The van der Waals surface area contributed by atoms with Crippen LogP contribution in [-0.2, 0) is 29.1 Å². The molecule has 0 aliphatic carbocycles. The maximum Gasteiger partial charge on any atom is 0.416 e. The molecule has 0 atom stereocenters. The van der Waals surface area contributed by atoms with Gasteiger partial charge in [0.25, 0.3) is 0 Å². The van der Waals surface area contributed by atoms with Crippen molar-refractivity contribution in [1.29, 1.82) is 0 Å². The lowest BCUT2D eigenvalue weighted by Gasteiger charge is -2.37. The average molecular weight is 519 g/mol. The van der Waals surface area contributed by atoms with Gasteiger partial charge in [-0.15, -0.1) is 0 Å². The normalized spacial score (nSPS) is 12.9. The molecular formula is C25H18F9NO. The van der Waals surface area contributed by atoms with Gasteiger partial charge in [0, 0.05) is 6.42 Å². The molecule has 0 aromatic heterocycles. The van der Waals surface area contributed by atoms with Gasteiger partial charge in [-0.05, 0) is 41.0 Å². The van der Waals surface area contributed by atoms with Crippen molar-refractivity contribution in [3.8, 4) is 0 Å². The monoisotopic (exact) mass is 519 g/mol. The molecule has 36 heavy (non-hydrogen) atoms. The van der Waals surface area contributed by atoms with Crippen LogP contribution in [0, 0.1) is 0 Å². The smallest absolute Gasteiger partial charge is 0.342 e. The van der Waals surface area contributed by atoms with E-state index in [9.17, 15) is 44.3 Å². The van der Waals surface area contributed by atoms with Gasteiger partial charge in [0.1, 0.15) is 6.42 Å². The predicted octanol–water partition coefficient (Wildman–Crippen LogP) is 7.28. The number of carbonyl (C=O) groups is 1. The SMILES string of the molecule is O=C(CC(F)(F)F)NC(Cc1ccccc1)(c1cccc(C(F)(F)F)c1)c1cccc(C(F)(F)F)c1. The number of halogens is 9. The molecule has 1 N–H and O–H groups in total. The molecule has 0 heterocycles. The Kier molecular flexibility index (Phi) is 7.42. The van der Waals surface area contributed by atoms with Gasteiger partial charge in [-0.2, -0.15) is 39.5 Å². The molecule has 0 bridgehead atoms. The van der Waals surface area contributed by atoms with Crippen LogP contribution in [0.1, 0.15) is 34.2 Å². The summed E-state index contributed by atoms with van der Waals surface area (Å²) in [5.74, 6) is -1.62. The summed E-state index contributed by atoms with van der Waals surface area (Å²) in [5, 5.41) is 2.13. The van der Waals surface area contributed by atoms with E-state index in [4.69, 9.17) is 0 Å². The minimum Gasteiger partial charge on any atom is -0.342 e. The molecule has 0 fully saturated rings. The van der Waals surface area contributed by atoms with Gasteiger partial charge in [-0.1, -0.05) is 54.6 Å². The van der Waals surface area contributed by atoms with Crippen LogP contribution in [0.2, 0.25) is 0 Å². The highest BCUT2D eigenvalue weighted by atomic mass is 19.4. The van der Waals surface area contributed by atoms with Gasteiger partial charge < -0.3 is 5.32 Å². The first-order chi connectivity index (χ1) is 16.6. The van der Waals surface area contributed by atoms with E-state index in [1.54, 1.807) is 6.07 Å². The summed E-state index contributed by atoms with van der Waals surface area (Å²) in [7, 11) is 0. The Bertz CT molecular complexity index is 1140. The third-order valence-electron chi connectivity index (χ3n) is 5.39. The molecule has 3 aromatic rings. The Morgan fingerprint density at radius 1 is 0.611 bits per heavy atom. The van der Waals surface area contributed by atoms with E-state index in [1.165, 1.54) is 24.3 Å². The topological polar surface area (TPSA) is 29.1 Å². The molecule has 0 aliphatic rings. The molecule has 11 heteroatoms. The molecular weight excluding hydrogens is 501 g/mol. The van der Waals surface area contributed by atoms with Gasteiger partial charge in [-0.25, -0.2) is 0 Å². The van der Waals surface area contributed by atoms with Crippen LogP contribution in [-0.4, -0.2) is 12.1 Å². The zero-order chi connectivity index (χ0) is 26.8. The minimum atomic E-state index is -4.97. The summed E-state index contributed by atoms with van der Waals surface area (Å²) in [6, 6.07) is 14.5. The fourth-order valence-corrected chi connectivity index (χ4v) is 3.85. The molecule has 0 saturated heterocycles. The first-order valence-electron chi connectivity index (χ1n) is 10.4. The molecule has 0 spiro atoms. The molecule has 1 amide bonds. The summed E-state index contributed by atoms with van der Waals surface area (Å²) in [5.41, 5.74) is -4.90. The maximum absolute atomic E-state index is 13.5. The van der Waals surface area contributed by atoms with E-state index in [0.717, 1.165) is 24.3 Å². The number of amides is 1. The number of nitrogens with one attached hydrogen (secondary N) is 1. The summed E-state index contributed by atoms with van der Waals surface area (Å²) < 4.78 is 120. The van der Waals surface area contributed by atoms with E-state index < -0.39 is 53.9 Å². The fourth-order valence-electron chi connectivity index (χ4n) is 3.85. The highest BCUT2D eigenvalue weighted by Gasteiger charge is 2.42. The number of benzene rings is 3. The lowest BCUT2D eigenvalue weighted by Crippen LogP contribution is -2.49. The highest BCUT2D eigenvalue weighted by Crippen LogP contribution is 2.40. The van der Waals surface area contributed by atoms with Gasteiger partial charge in [0.2, 0.25) is 5.91 Å². The first kappa shape index (κ1) is 27.1. The third-order valence-corrected chi connectivity index (χ3v) is 5.39. The van der Waals surface area contributed by atoms with Crippen molar-refractivity contribution >= 4 is 5.91 Å². The van der Waals surface area contributed by atoms with Gasteiger partial charge in [-0.3, -0.25) is 4.79 Å². The summed E-state index contributed by atoms with van der Waals surface area (Å²) in [4.78, 5) is 12.5. The van der Waals surface area contributed by atoms with Gasteiger partial charge in [0.05, 0.1) is 16.7 Å². The summed E-state index contributed by atoms with van der Waals surface area (Å²) in [6.45, 7) is 0. The molecule has 0 radical (unpaired) electrons. The number of alkyl halides is 9. The number of carbonyl (C=O) groups excluding carboxylic acids is 1. The van der Waals surface area contributed by atoms with Crippen molar-refractivity contribution in [2.45, 2.75) is 36.9 Å². The second-order valence-electron chi connectivity index (χ2n) is 8.06. The molecule has 0 unspecified atom stereocenters. The summed E-state index contributed by atoms with van der Waals surface area (Å²) in [6.07, 6.45) is -17.1. The molecule has 0 aliphatic heterocycles. The standard InChI is InChI=1S/C25H18F9NO/c26-23(27,28)15-21(36)35-22(14-16-6-2-1-3-7-16,17-8-4-10-19(12-17)24(29,30)31)18-9-5-11-20(13-18)25(32,33)34/h1-13H,14-15H2,(H,35,36). The Hall–Kier alpha value is -3.50. The number of hydrogen-bond donors (Lipinski definition) is 1. The van der Waals surface area contributed by atoms with Crippen LogP contribution in [0.5, 0.6) is 0 Å². The maximum atomic E-state index is 13.5. The predicted molar refractivity (Wildman–Crippen MR) is 113 cm³/mol. The fraction of sp³-hybridized carbons (Fsp3) is 0.240. The molecule has 3 aromatic carbocycles. The lowest BCUT2D eigenvalue weighted by atomic mass is 9.76. The first-order valence-corrected chi connectivity index (χ1v) is 10.4. The second kappa shape index (κ2) is 9.87. The van der Waals surface area contributed by atoms with Crippen molar-refractivity contribution in [2.75, 3.05) is 0 Å². The largest absolute Gasteiger partial charge is 0.416 e. The van der Waals surface area contributed by atoms with Crippen molar-refractivity contribution < 1.29 is 44.3 Å². The van der Waals surface area contributed by atoms with E-state index in [2.05, 4.69) is 5.32 Å². The molecule has 3 rings (SSSR count). The van der Waals surface area contributed by atoms with Gasteiger partial charge >= 0.3 is 18.5 Å². The zero-order valence-corrected chi connectivity index (χ0v) is 18.2. The van der Waals surface area contributed by atoms with Crippen LogP contribution in [0.15, 0.2) is 78.9 Å². The molecule has 0 saturated carbocycles. The van der Waals surface area contributed by atoms with Crippen LogP contribution >= 0.6 is 0 Å². The zero-order valence-electron chi connectivity index (χ0n) is 18.2. The number of hydrogen-bond acceptors (Lipinski definition) is 1. The minimum absolute atomic E-state index is 0.337. The van der Waals surface area contributed by atoms with Crippen molar-refractivity contribution in [3.05, 3.63) is 107 Å². The Morgan fingerprint density at radius 3 is 1.47 bits per heavy atom. The van der Waals surface area contributed by atoms with Crippen LogP contribution in [0.4, 0.5) is 39.5 Å². The average Bonchev–Trinajstić information content (AvgIpc) is 2.77. The van der Waals surface area contributed by atoms with E-state index in [-0.39, 0.29) is 11.1 Å². The van der Waals surface area contributed by atoms with Crippen molar-refractivity contribution in [3.63, 3.8) is 0 Å². The highest BCUT2D eigenvalue weighted by molar-refractivity contribution is 5.78. The lowest BCUT2D eigenvalue weighted by molar-refractivity contribution is -0.154. The van der Waals surface area contributed by atoms with E-state index in [0.29, 0.717) is 29.8 Å².